The maximum Gasteiger partial charge on any atom is 0.187 e. The highest BCUT2D eigenvalue weighted by Gasteiger charge is 2.31. The van der Waals surface area contributed by atoms with Gasteiger partial charge < -0.3 is 5.32 Å². The van der Waals surface area contributed by atoms with Gasteiger partial charge in [0.15, 0.2) is 14.9 Å². The standard InChI is InChI=1S/C13H20ClN5O2S2/c1-8(2)16-13(22)17-15-6-11-9(3)18-19(12(11)14)10-4-5-23(20,21)7-10/h6,8,10H,4-5,7H2,1-3H3,(H2,16,17,22)/b15-6-/t10-/m1/s1. The molecule has 0 aromatic carbocycles. The fourth-order valence-electron chi connectivity index (χ4n) is 2.34. The van der Waals surface area contributed by atoms with Gasteiger partial charge >= 0.3 is 0 Å². The Morgan fingerprint density at radius 3 is 2.83 bits per heavy atom. The number of nitrogens with zero attached hydrogens (tertiary/aromatic N) is 3. The van der Waals surface area contributed by atoms with Crippen LogP contribution in [-0.4, -0.2) is 47.1 Å². The van der Waals surface area contributed by atoms with Gasteiger partial charge in [0.25, 0.3) is 0 Å². The molecule has 1 fully saturated rings. The van der Waals surface area contributed by atoms with Gasteiger partial charge in [-0.25, -0.2) is 13.1 Å². The summed E-state index contributed by atoms with van der Waals surface area (Å²) in [6, 6.07) is -0.00687. The average molecular weight is 378 g/mol. The molecule has 23 heavy (non-hydrogen) atoms. The number of thiocarbonyl (C=S) groups is 1. The van der Waals surface area contributed by atoms with Gasteiger partial charge in [0, 0.05) is 6.04 Å². The van der Waals surface area contributed by atoms with Crippen molar-refractivity contribution in [2.45, 2.75) is 39.3 Å². The van der Waals surface area contributed by atoms with Gasteiger partial charge in [-0.2, -0.15) is 10.2 Å². The van der Waals surface area contributed by atoms with E-state index in [0.717, 1.165) is 0 Å². The summed E-state index contributed by atoms with van der Waals surface area (Å²) in [5, 5.41) is 12.2. The SMILES string of the molecule is Cc1nn([C@@H]2CCS(=O)(=O)C2)c(Cl)c1/C=N\NC(=S)NC(C)C. The van der Waals surface area contributed by atoms with Gasteiger partial charge in [-0.1, -0.05) is 11.6 Å². The van der Waals surface area contributed by atoms with Crippen molar-refractivity contribution in [3.05, 3.63) is 16.4 Å². The first-order chi connectivity index (χ1) is 10.7. The van der Waals surface area contributed by atoms with Crippen LogP contribution >= 0.6 is 23.8 Å². The zero-order chi connectivity index (χ0) is 17.2. The van der Waals surface area contributed by atoms with Crippen molar-refractivity contribution in [3.8, 4) is 0 Å². The summed E-state index contributed by atoms with van der Waals surface area (Å²) < 4.78 is 24.8. The Kier molecular flexibility index (Phi) is 5.64. The minimum atomic E-state index is -2.99. The van der Waals surface area contributed by atoms with Crippen LogP contribution < -0.4 is 10.7 Å². The van der Waals surface area contributed by atoms with Gasteiger partial charge in [-0.3, -0.25) is 5.43 Å². The fourth-order valence-corrected chi connectivity index (χ4v) is 4.68. The summed E-state index contributed by atoms with van der Waals surface area (Å²) in [6.07, 6.45) is 2.07. The van der Waals surface area contributed by atoms with Crippen molar-refractivity contribution in [1.82, 2.24) is 20.5 Å². The summed E-state index contributed by atoms with van der Waals surface area (Å²) in [5.41, 5.74) is 4.04. The fraction of sp³-hybridized carbons (Fsp3) is 0.615. The molecule has 128 valence electrons. The monoisotopic (exact) mass is 377 g/mol. The molecule has 2 N–H and O–H groups in total. The number of sulfone groups is 1. The van der Waals surface area contributed by atoms with Crippen LogP contribution in [0.5, 0.6) is 0 Å². The molecule has 2 rings (SSSR count). The Bertz CT molecular complexity index is 727. The molecule has 1 atom stereocenters. The number of aryl methyl sites for hydroxylation is 1. The van der Waals surface area contributed by atoms with Crippen LogP contribution in [0.3, 0.4) is 0 Å². The second kappa shape index (κ2) is 7.14. The summed E-state index contributed by atoms with van der Waals surface area (Å²) in [6.45, 7) is 5.74. The van der Waals surface area contributed by atoms with Crippen molar-refractivity contribution >= 4 is 45.0 Å². The van der Waals surface area contributed by atoms with E-state index in [1.807, 2.05) is 13.8 Å². The number of aromatic nitrogens is 2. The maximum absolute atomic E-state index is 11.6. The molecule has 0 radical (unpaired) electrons. The molecule has 0 amide bonds. The molecule has 0 spiro atoms. The predicted octanol–water partition coefficient (Wildman–Crippen LogP) is 1.41. The molecule has 0 saturated carbocycles. The minimum absolute atomic E-state index is 0.0745. The van der Waals surface area contributed by atoms with Crippen LogP contribution in [0.2, 0.25) is 5.15 Å². The van der Waals surface area contributed by atoms with Crippen LogP contribution in [0, 0.1) is 6.92 Å². The van der Waals surface area contributed by atoms with E-state index in [-0.39, 0.29) is 23.6 Å². The topological polar surface area (TPSA) is 88.4 Å². The van der Waals surface area contributed by atoms with E-state index in [1.165, 1.54) is 0 Å². The largest absolute Gasteiger partial charge is 0.359 e. The van der Waals surface area contributed by atoms with Crippen molar-refractivity contribution in [1.29, 1.82) is 0 Å². The molecule has 1 aliphatic heterocycles. The number of hydrogen-bond acceptors (Lipinski definition) is 5. The lowest BCUT2D eigenvalue weighted by molar-refractivity contribution is 0.497. The van der Waals surface area contributed by atoms with Gasteiger partial charge in [-0.05, 0) is 39.4 Å². The van der Waals surface area contributed by atoms with Crippen molar-refractivity contribution < 1.29 is 8.42 Å². The Balaban J connectivity index is 2.11. The third kappa shape index (κ3) is 4.65. The van der Waals surface area contributed by atoms with E-state index in [1.54, 1.807) is 17.8 Å². The molecule has 0 unspecified atom stereocenters. The number of hydrogen-bond donors (Lipinski definition) is 2. The predicted molar refractivity (Wildman–Crippen MR) is 95.9 cm³/mol. The normalized spacial score (nSPS) is 20.3. The van der Waals surface area contributed by atoms with Gasteiger partial charge in [0.1, 0.15) is 5.15 Å². The van der Waals surface area contributed by atoms with Crippen LogP contribution in [-0.2, 0) is 9.84 Å². The van der Waals surface area contributed by atoms with Crippen LogP contribution in [0.4, 0.5) is 0 Å². The molecule has 1 aromatic rings. The molecular weight excluding hydrogens is 358 g/mol. The number of nitrogens with one attached hydrogen (secondary N) is 2. The lowest BCUT2D eigenvalue weighted by Crippen LogP contribution is -2.36. The highest BCUT2D eigenvalue weighted by molar-refractivity contribution is 7.91. The van der Waals surface area contributed by atoms with Gasteiger partial charge in [-0.15, -0.1) is 0 Å². The van der Waals surface area contributed by atoms with Gasteiger partial charge in [0.2, 0.25) is 0 Å². The highest BCUT2D eigenvalue weighted by atomic mass is 35.5. The van der Waals surface area contributed by atoms with Gasteiger partial charge in [0.05, 0.1) is 35.0 Å². The molecule has 2 heterocycles. The maximum atomic E-state index is 11.6. The van der Waals surface area contributed by atoms with E-state index in [2.05, 4.69) is 20.9 Å². The van der Waals surface area contributed by atoms with E-state index in [4.69, 9.17) is 23.8 Å². The highest BCUT2D eigenvalue weighted by Crippen LogP contribution is 2.29. The first kappa shape index (κ1) is 18.2. The zero-order valence-corrected chi connectivity index (χ0v) is 15.6. The Hall–Kier alpha value is -1.19. The molecule has 0 aliphatic carbocycles. The number of hydrazone groups is 1. The third-order valence-electron chi connectivity index (χ3n) is 3.40. The van der Waals surface area contributed by atoms with Crippen molar-refractivity contribution in [2.24, 2.45) is 5.10 Å². The Labute approximate surface area is 146 Å². The Morgan fingerprint density at radius 1 is 1.57 bits per heavy atom. The minimum Gasteiger partial charge on any atom is -0.359 e. The molecule has 0 bridgehead atoms. The second-order valence-corrected chi connectivity index (χ2v) is 8.78. The average Bonchev–Trinajstić information content (AvgIpc) is 2.91. The summed E-state index contributed by atoms with van der Waals surface area (Å²) in [4.78, 5) is 0. The summed E-state index contributed by atoms with van der Waals surface area (Å²) in [7, 11) is -2.99. The molecule has 10 heteroatoms. The van der Waals surface area contributed by atoms with E-state index >= 15 is 0 Å². The lowest BCUT2D eigenvalue weighted by Gasteiger charge is -2.10. The lowest BCUT2D eigenvalue weighted by atomic mass is 10.2. The van der Waals surface area contributed by atoms with Crippen molar-refractivity contribution in [2.75, 3.05) is 11.5 Å². The smallest absolute Gasteiger partial charge is 0.187 e. The van der Waals surface area contributed by atoms with E-state index < -0.39 is 9.84 Å². The molecule has 1 aromatic heterocycles. The Morgan fingerprint density at radius 2 is 2.26 bits per heavy atom. The van der Waals surface area contributed by atoms with Crippen LogP contribution in [0.1, 0.15) is 37.6 Å². The first-order valence-electron chi connectivity index (χ1n) is 7.24. The number of halogens is 1. The zero-order valence-electron chi connectivity index (χ0n) is 13.2. The van der Waals surface area contributed by atoms with Crippen molar-refractivity contribution in [3.63, 3.8) is 0 Å². The first-order valence-corrected chi connectivity index (χ1v) is 9.85. The molecule has 1 aliphatic rings. The van der Waals surface area contributed by atoms with E-state index in [9.17, 15) is 8.42 Å². The summed E-state index contributed by atoms with van der Waals surface area (Å²) >= 11 is 11.4. The summed E-state index contributed by atoms with van der Waals surface area (Å²) in [5.74, 6) is 0.248. The van der Waals surface area contributed by atoms with E-state index in [0.29, 0.717) is 27.9 Å². The number of rotatable bonds is 4. The molecular formula is C13H20ClN5O2S2. The molecule has 7 nitrogen and oxygen atoms in total. The third-order valence-corrected chi connectivity index (χ3v) is 5.74. The van der Waals surface area contributed by atoms with Crippen LogP contribution in [0.15, 0.2) is 5.10 Å². The molecule has 1 saturated heterocycles. The van der Waals surface area contributed by atoms with Crippen LogP contribution in [0.25, 0.3) is 0 Å². The second-order valence-electron chi connectivity index (χ2n) is 5.79. The quantitative estimate of drug-likeness (QED) is 0.468.